The third-order valence-corrected chi connectivity index (χ3v) is 1.91. The Morgan fingerprint density at radius 3 is 1.88 bits per heavy atom. The molecule has 1 nitrogen and oxygen atoms in total. The molecule has 0 radical (unpaired) electrons. The van der Waals surface area contributed by atoms with Crippen LogP contribution in [0, 0.1) is 0 Å². The molecule has 1 heterocycles. The summed E-state index contributed by atoms with van der Waals surface area (Å²) in [5, 5.41) is 0. The Hall–Kier alpha value is 0.250. The summed E-state index contributed by atoms with van der Waals surface area (Å²) in [6, 6.07) is 0. The van der Waals surface area contributed by atoms with Crippen LogP contribution >= 0.6 is 12.4 Å². The molecular formula is C6H11ClO. The highest BCUT2D eigenvalue weighted by molar-refractivity contribution is 5.85. The summed E-state index contributed by atoms with van der Waals surface area (Å²) in [5.41, 5.74) is 0. The molecule has 0 bridgehead atoms. The van der Waals surface area contributed by atoms with E-state index in [2.05, 4.69) is 0 Å². The van der Waals surface area contributed by atoms with Gasteiger partial charge in [0.15, 0.2) is 0 Å². The highest BCUT2D eigenvalue weighted by atomic mass is 35.5. The van der Waals surface area contributed by atoms with Crippen LogP contribution in [0.25, 0.3) is 0 Å². The van der Waals surface area contributed by atoms with E-state index in [4.69, 9.17) is 4.74 Å². The van der Waals surface area contributed by atoms with Crippen molar-refractivity contribution >= 4 is 12.4 Å². The molecule has 2 atom stereocenters. The number of halogens is 1. The molecule has 1 aliphatic carbocycles. The highest BCUT2D eigenvalue weighted by Crippen LogP contribution is 2.35. The topological polar surface area (TPSA) is 12.5 Å². The van der Waals surface area contributed by atoms with E-state index in [1.807, 2.05) is 0 Å². The smallest absolute Gasteiger partial charge is 0.0841 e. The van der Waals surface area contributed by atoms with Gasteiger partial charge in [-0.2, -0.15) is 0 Å². The normalized spacial score (nSPS) is 42.0. The van der Waals surface area contributed by atoms with Crippen molar-refractivity contribution in [1.82, 2.24) is 0 Å². The molecule has 2 unspecified atom stereocenters. The van der Waals surface area contributed by atoms with Crippen molar-refractivity contribution in [2.45, 2.75) is 37.9 Å². The Morgan fingerprint density at radius 1 is 1.00 bits per heavy atom. The zero-order valence-electron chi connectivity index (χ0n) is 4.80. The molecule has 0 aromatic carbocycles. The Bertz CT molecular complexity index is 74.6. The van der Waals surface area contributed by atoms with Crippen molar-refractivity contribution in [3.63, 3.8) is 0 Å². The van der Waals surface area contributed by atoms with E-state index in [-0.39, 0.29) is 12.4 Å². The molecule has 2 aliphatic rings. The maximum atomic E-state index is 5.28. The van der Waals surface area contributed by atoms with E-state index in [1.54, 1.807) is 0 Å². The van der Waals surface area contributed by atoms with Crippen LogP contribution in [0.4, 0.5) is 0 Å². The summed E-state index contributed by atoms with van der Waals surface area (Å²) in [4.78, 5) is 0. The lowest BCUT2D eigenvalue weighted by Gasteiger charge is -2.00. The molecule has 1 saturated heterocycles. The fourth-order valence-electron chi connectivity index (χ4n) is 1.38. The minimum atomic E-state index is 0. The van der Waals surface area contributed by atoms with Crippen LogP contribution in [0.1, 0.15) is 25.7 Å². The highest BCUT2D eigenvalue weighted by Gasteiger charge is 2.39. The molecule has 2 fully saturated rings. The molecule has 0 aromatic heterocycles. The predicted octanol–water partition coefficient (Wildman–Crippen LogP) is 1.75. The summed E-state index contributed by atoms with van der Waals surface area (Å²) in [6.45, 7) is 0. The van der Waals surface area contributed by atoms with Gasteiger partial charge < -0.3 is 4.74 Å². The molecule has 2 heteroatoms. The third kappa shape index (κ3) is 0.981. The quantitative estimate of drug-likeness (QED) is 0.460. The molecule has 1 saturated carbocycles. The molecule has 0 spiro atoms. The molecule has 0 amide bonds. The van der Waals surface area contributed by atoms with Crippen LogP contribution in [-0.4, -0.2) is 12.2 Å². The van der Waals surface area contributed by atoms with Crippen molar-refractivity contribution in [1.29, 1.82) is 0 Å². The Balaban J connectivity index is 0.000000320. The van der Waals surface area contributed by atoms with E-state index < -0.39 is 0 Å². The monoisotopic (exact) mass is 134 g/mol. The lowest BCUT2D eigenvalue weighted by Crippen LogP contribution is -2.00. The Labute approximate surface area is 55.8 Å². The minimum Gasteiger partial charge on any atom is -0.370 e. The number of fused-ring (bicyclic) bond motifs is 1. The first-order chi connectivity index (χ1) is 3.47. The summed E-state index contributed by atoms with van der Waals surface area (Å²) < 4.78 is 5.28. The summed E-state index contributed by atoms with van der Waals surface area (Å²) in [6.07, 6.45) is 6.89. The van der Waals surface area contributed by atoms with Gasteiger partial charge in [0, 0.05) is 0 Å². The zero-order chi connectivity index (χ0) is 4.69. The van der Waals surface area contributed by atoms with Gasteiger partial charge >= 0.3 is 0 Å². The second-order valence-electron chi connectivity index (χ2n) is 2.50. The fraction of sp³-hybridized carbons (Fsp3) is 1.00. The first-order valence-corrected chi connectivity index (χ1v) is 3.12. The van der Waals surface area contributed by atoms with Crippen LogP contribution in [0.5, 0.6) is 0 Å². The molecule has 0 N–H and O–H groups in total. The molecular weight excluding hydrogens is 124 g/mol. The average molecular weight is 135 g/mol. The number of epoxide rings is 1. The van der Waals surface area contributed by atoms with E-state index in [0.29, 0.717) is 12.2 Å². The second kappa shape index (κ2) is 2.24. The lowest BCUT2D eigenvalue weighted by atomic mass is 10.0. The number of hydrogen-bond donors (Lipinski definition) is 0. The van der Waals surface area contributed by atoms with Gasteiger partial charge in [-0.05, 0) is 12.8 Å². The molecule has 2 rings (SSSR count). The van der Waals surface area contributed by atoms with Crippen LogP contribution < -0.4 is 0 Å². The van der Waals surface area contributed by atoms with E-state index >= 15 is 0 Å². The minimum absolute atomic E-state index is 0. The van der Waals surface area contributed by atoms with E-state index in [0.717, 1.165) is 0 Å². The van der Waals surface area contributed by atoms with Crippen LogP contribution in [0.15, 0.2) is 0 Å². The van der Waals surface area contributed by atoms with Crippen molar-refractivity contribution < 1.29 is 4.74 Å². The van der Waals surface area contributed by atoms with Gasteiger partial charge in [0.2, 0.25) is 0 Å². The van der Waals surface area contributed by atoms with E-state index in [1.165, 1.54) is 25.7 Å². The van der Waals surface area contributed by atoms with Crippen LogP contribution in [0.2, 0.25) is 0 Å². The summed E-state index contributed by atoms with van der Waals surface area (Å²) >= 11 is 0. The van der Waals surface area contributed by atoms with Gasteiger partial charge in [-0.25, -0.2) is 0 Å². The third-order valence-electron chi connectivity index (χ3n) is 1.91. The lowest BCUT2D eigenvalue weighted by molar-refractivity contribution is 0.373. The first-order valence-electron chi connectivity index (χ1n) is 3.12. The number of rotatable bonds is 0. The molecule has 8 heavy (non-hydrogen) atoms. The maximum Gasteiger partial charge on any atom is 0.0841 e. The second-order valence-corrected chi connectivity index (χ2v) is 2.50. The Kier molecular flexibility index (Phi) is 1.78. The van der Waals surface area contributed by atoms with Crippen molar-refractivity contribution in [3.8, 4) is 0 Å². The maximum absolute atomic E-state index is 5.28. The van der Waals surface area contributed by atoms with Crippen LogP contribution in [-0.2, 0) is 4.74 Å². The average Bonchev–Trinajstić information content (AvgIpc) is 2.41. The van der Waals surface area contributed by atoms with Crippen LogP contribution in [0.3, 0.4) is 0 Å². The molecule has 1 aliphatic heterocycles. The molecule has 0 aromatic rings. The fourth-order valence-corrected chi connectivity index (χ4v) is 1.38. The number of hydrogen-bond acceptors (Lipinski definition) is 1. The largest absolute Gasteiger partial charge is 0.370 e. The first kappa shape index (κ1) is 6.37. The summed E-state index contributed by atoms with van der Waals surface area (Å²) in [5.74, 6) is 0. The Morgan fingerprint density at radius 2 is 1.50 bits per heavy atom. The van der Waals surface area contributed by atoms with Crippen molar-refractivity contribution in [2.75, 3.05) is 0 Å². The van der Waals surface area contributed by atoms with Crippen molar-refractivity contribution in [3.05, 3.63) is 0 Å². The van der Waals surface area contributed by atoms with Gasteiger partial charge in [0.1, 0.15) is 0 Å². The van der Waals surface area contributed by atoms with Gasteiger partial charge in [0.05, 0.1) is 12.2 Å². The van der Waals surface area contributed by atoms with Gasteiger partial charge in [-0.15, -0.1) is 12.4 Å². The predicted molar refractivity (Wildman–Crippen MR) is 34.4 cm³/mol. The van der Waals surface area contributed by atoms with E-state index in [9.17, 15) is 0 Å². The zero-order valence-corrected chi connectivity index (χ0v) is 5.62. The number of ether oxygens (including phenoxy) is 1. The standard InChI is InChI=1S/C6H10O.ClH/c1-2-4-6-5(3-1)7-6;/h5-6H,1-4H2;1H. The van der Waals surface area contributed by atoms with Gasteiger partial charge in [0.25, 0.3) is 0 Å². The SMILES string of the molecule is C1CCC2OC2C1.Cl. The molecule has 48 valence electrons. The van der Waals surface area contributed by atoms with Gasteiger partial charge in [-0.3, -0.25) is 0 Å². The summed E-state index contributed by atoms with van der Waals surface area (Å²) in [7, 11) is 0. The van der Waals surface area contributed by atoms with Gasteiger partial charge in [-0.1, -0.05) is 12.8 Å². The van der Waals surface area contributed by atoms with Crippen molar-refractivity contribution in [2.24, 2.45) is 0 Å².